The topological polar surface area (TPSA) is 111 Å². The van der Waals surface area contributed by atoms with Gasteiger partial charge < -0.3 is 4.42 Å². The molecule has 10 heteroatoms. The molecule has 0 unspecified atom stereocenters. The van der Waals surface area contributed by atoms with E-state index < -0.39 is 20.9 Å². The Morgan fingerprint density at radius 3 is 2.34 bits per heavy atom. The van der Waals surface area contributed by atoms with Crippen molar-refractivity contribution in [2.24, 2.45) is 0 Å². The minimum Gasteiger partial charge on any atom is -0.461 e. The Morgan fingerprint density at radius 2 is 1.66 bits per heavy atom. The molecule has 0 radical (unpaired) electrons. The number of anilines is 1. The van der Waals surface area contributed by atoms with E-state index in [1.54, 1.807) is 24.3 Å². The Morgan fingerprint density at radius 1 is 0.971 bits per heavy atom. The third-order valence-electron chi connectivity index (χ3n) is 6.03. The maximum absolute atomic E-state index is 13.8. The van der Waals surface area contributed by atoms with Crippen molar-refractivity contribution in [2.45, 2.75) is 30.6 Å². The van der Waals surface area contributed by atoms with E-state index in [1.165, 1.54) is 42.5 Å². The van der Waals surface area contributed by atoms with Crippen LogP contribution in [0.1, 0.15) is 34.5 Å². The second-order valence-electron chi connectivity index (χ2n) is 8.22. The number of aryl methyl sites for hydroxylation is 2. The summed E-state index contributed by atoms with van der Waals surface area (Å²) in [5.41, 5.74) is 1.65. The minimum atomic E-state index is -4.32. The fourth-order valence-electron chi connectivity index (χ4n) is 4.30. The minimum absolute atomic E-state index is 0.00519. The lowest BCUT2D eigenvalue weighted by Crippen LogP contribution is -2.37. The third kappa shape index (κ3) is 4.23. The van der Waals surface area contributed by atoms with Crippen LogP contribution in [0.25, 0.3) is 11.0 Å². The van der Waals surface area contributed by atoms with Gasteiger partial charge in [0.15, 0.2) is 0 Å². The monoisotopic (exact) mass is 554 g/mol. The number of nitro benzene ring substituents is 1. The lowest BCUT2D eigenvalue weighted by Gasteiger charge is -2.23. The van der Waals surface area contributed by atoms with Crippen molar-refractivity contribution in [1.29, 1.82) is 0 Å². The van der Waals surface area contributed by atoms with Gasteiger partial charge in [-0.1, -0.05) is 15.9 Å². The number of hydrogen-bond acceptors (Lipinski definition) is 6. The number of non-ortho nitro benzene ring substituents is 1. The SMILES string of the molecule is O=C(c1ccc([N+](=O)[O-])cc1)N(c1ccc2oc3c(c2c1)CCCC3)S(=O)(=O)c1ccc(Br)cc1. The van der Waals surface area contributed by atoms with Gasteiger partial charge in [0.2, 0.25) is 0 Å². The Bertz CT molecular complexity index is 1560. The zero-order valence-corrected chi connectivity index (χ0v) is 20.7. The molecule has 0 saturated carbocycles. The van der Waals surface area contributed by atoms with Crippen molar-refractivity contribution in [3.8, 4) is 0 Å². The smallest absolute Gasteiger partial charge is 0.272 e. The lowest BCUT2D eigenvalue weighted by atomic mass is 9.96. The van der Waals surface area contributed by atoms with Gasteiger partial charge in [0.1, 0.15) is 11.3 Å². The Labute approximate surface area is 209 Å². The number of nitrogens with zero attached hydrogens (tertiary/aromatic N) is 2. The first kappa shape index (κ1) is 23.3. The summed E-state index contributed by atoms with van der Waals surface area (Å²) in [6.07, 6.45) is 3.68. The summed E-state index contributed by atoms with van der Waals surface area (Å²) in [6.45, 7) is 0. The molecular weight excluding hydrogens is 536 g/mol. The second kappa shape index (κ2) is 8.94. The van der Waals surface area contributed by atoms with Gasteiger partial charge in [-0.3, -0.25) is 14.9 Å². The van der Waals surface area contributed by atoms with Crippen LogP contribution in [0.5, 0.6) is 0 Å². The number of carbonyl (C=O) groups excluding carboxylic acids is 1. The number of fused-ring (bicyclic) bond motifs is 3. The molecule has 1 heterocycles. The second-order valence-corrected chi connectivity index (χ2v) is 10.9. The Balaban J connectivity index is 1.67. The molecule has 0 spiro atoms. The first-order valence-corrected chi connectivity index (χ1v) is 13.1. The number of carbonyl (C=O) groups is 1. The van der Waals surface area contributed by atoms with Gasteiger partial charge in [0.05, 0.1) is 15.5 Å². The molecule has 1 aromatic heterocycles. The van der Waals surface area contributed by atoms with Crippen LogP contribution in [0.4, 0.5) is 11.4 Å². The third-order valence-corrected chi connectivity index (χ3v) is 8.29. The molecule has 0 aliphatic heterocycles. The molecule has 0 atom stereocenters. The molecule has 8 nitrogen and oxygen atoms in total. The summed E-state index contributed by atoms with van der Waals surface area (Å²) < 4.78 is 34.9. The zero-order valence-electron chi connectivity index (χ0n) is 18.3. The fourth-order valence-corrected chi connectivity index (χ4v) is 5.97. The van der Waals surface area contributed by atoms with Crippen LogP contribution in [0, 0.1) is 10.1 Å². The highest BCUT2D eigenvalue weighted by Crippen LogP contribution is 2.36. The van der Waals surface area contributed by atoms with Gasteiger partial charge in [-0.2, -0.15) is 4.31 Å². The predicted octanol–water partition coefficient (Wildman–Crippen LogP) is 6.02. The number of rotatable bonds is 5. The van der Waals surface area contributed by atoms with Crippen LogP contribution < -0.4 is 4.31 Å². The molecule has 0 saturated heterocycles. The van der Waals surface area contributed by atoms with Gasteiger partial charge in [-0.25, -0.2) is 8.42 Å². The van der Waals surface area contributed by atoms with Gasteiger partial charge in [-0.05, 0) is 73.9 Å². The number of furan rings is 1. The highest BCUT2D eigenvalue weighted by atomic mass is 79.9. The summed E-state index contributed by atoms with van der Waals surface area (Å²) in [7, 11) is -4.32. The average Bonchev–Trinajstić information content (AvgIpc) is 3.22. The molecule has 35 heavy (non-hydrogen) atoms. The summed E-state index contributed by atoms with van der Waals surface area (Å²) >= 11 is 3.30. The van der Waals surface area contributed by atoms with Gasteiger partial charge in [-0.15, -0.1) is 0 Å². The van der Waals surface area contributed by atoms with Gasteiger partial charge in [0.25, 0.3) is 21.6 Å². The quantitative estimate of drug-likeness (QED) is 0.220. The summed E-state index contributed by atoms with van der Waals surface area (Å²) in [4.78, 5) is 24.0. The van der Waals surface area contributed by atoms with Crippen LogP contribution in [0.15, 0.2) is 80.5 Å². The Hall–Kier alpha value is -3.50. The first-order chi connectivity index (χ1) is 16.8. The molecule has 0 N–H and O–H groups in total. The highest BCUT2D eigenvalue weighted by molar-refractivity contribution is 9.10. The number of hydrogen-bond donors (Lipinski definition) is 0. The number of sulfonamides is 1. The number of halogens is 1. The van der Waals surface area contributed by atoms with Crippen molar-refractivity contribution in [3.63, 3.8) is 0 Å². The van der Waals surface area contributed by atoms with Crippen molar-refractivity contribution < 1.29 is 22.6 Å². The van der Waals surface area contributed by atoms with E-state index in [0.717, 1.165) is 46.7 Å². The maximum atomic E-state index is 13.8. The van der Waals surface area contributed by atoms with Gasteiger partial charge in [0, 0.05) is 39.5 Å². The van der Waals surface area contributed by atoms with Crippen molar-refractivity contribution in [3.05, 3.63) is 98.2 Å². The number of nitro groups is 1. The molecule has 1 aliphatic rings. The first-order valence-electron chi connectivity index (χ1n) is 10.9. The highest BCUT2D eigenvalue weighted by Gasteiger charge is 2.33. The molecule has 178 valence electrons. The van der Waals surface area contributed by atoms with E-state index in [0.29, 0.717) is 10.1 Å². The van der Waals surface area contributed by atoms with Gasteiger partial charge >= 0.3 is 0 Å². The lowest BCUT2D eigenvalue weighted by molar-refractivity contribution is -0.384. The molecule has 3 aromatic carbocycles. The molecule has 1 aliphatic carbocycles. The van der Waals surface area contributed by atoms with E-state index in [4.69, 9.17) is 4.42 Å². The molecule has 5 rings (SSSR count). The van der Waals surface area contributed by atoms with Crippen LogP contribution in [0.3, 0.4) is 0 Å². The summed E-state index contributed by atoms with van der Waals surface area (Å²) in [5.74, 6) is 0.0759. The maximum Gasteiger partial charge on any atom is 0.272 e. The molecule has 0 bridgehead atoms. The van der Waals surface area contributed by atoms with Crippen molar-refractivity contribution in [2.75, 3.05) is 4.31 Å². The normalized spacial score (nSPS) is 13.4. The van der Waals surface area contributed by atoms with Crippen molar-refractivity contribution in [1.82, 2.24) is 0 Å². The van der Waals surface area contributed by atoms with E-state index in [2.05, 4.69) is 15.9 Å². The van der Waals surface area contributed by atoms with Crippen molar-refractivity contribution >= 4 is 54.2 Å². The number of benzene rings is 3. The number of amides is 1. The van der Waals surface area contributed by atoms with E-state index in [1.807, 2.05) is 0 Å². The molecule has 0 fully saturated rings. The van der Waals surface area contributed by atoms with Crippen LogP contribution in [-0.2, 0) is 22.9 Å². The summed E-state index contributed by atoms with van der Waals surface area (Å²) in [6, 6.07) is 15.7. The average molecular weight is 555 g/mol. The Kier molecular flexibility index (Phi) is 5.94. The predicted molar refractivity (Wildman–Crippen MR) is 134 cm³/mol. The molecule has 1 amide bonds. The van der Waals surface area contributed by atoms with Crippen LogP contribution in [-0.4, -0.2) is 19.2 Å². The van der Waals surface area contributed by atoms with E-state index in [9.17, 15) is 23.3 Å². The van der Waals surface area contributed by atoms with Crippen LogP contribution in [0.2, 0.25) is 0 Å². The zero-order chi connectivity index (χ0) is 24.7. The fraction of sp³-hybridized carbons (Fsp3) is 0.160. The van der Waals surface area contributed by atoms with Crippen LogP contribution >= 0.6 is 15.9 Å². The summed E-state index contributed by atoms with van der Waals surface area (Å²) in [5, 5.41) is 11.8. The standard InChI is InChI=1S/C25H19BrN2O6S/c26-17-7-12-20(13-8-17)35(32,33)27(25(29)16-5-9-18(10-6-16)28(30)31)19-11-14-24-22(15-19)21-3-1-2-4-23(21)34-24/h5-15H,1-4H2. The van der Waals surface area contributed by atoms with E-state index in [-0.39, 0.29) is 21.8 Å². The van der Waals surface area contributed by atoms with E-state index >= 15 is 0 Å². The molecule has 4 aromatic rings. The largest absolute Gasteiger partial charge is 0.461 e. The molecular formula is C25H19BrN2O6S.